The summed E-state index contributed by atoms with van der Waals surface area (Å²) in [5.74, 6) is 0. The zero-order valence-corrected chi connectivity index (χ0v) is 9.81. The molecule has 0 spiro atoms. The van der Waals surface area contributed by atoms with Gasteiger partial charge in [0.15, 0.2) is 0 Å². The van der Waals surface area contributed by atoms with Gasteiger partial charge in [-0.05, 0) is 29.3 Å². The molecule has 0 amide bonds. The van der Waals surface area contributed by atoms with Gasteiger partial charge < -0.3 is 5.32 Å². The summed E-state index contributed by atoms with van der Waals surface area (Å²) in [4.78, 5) is 3.93. The highest BCUT2D eigenvalue weighted by Crippen LogP contribution is 2.19. The molecule has 0 unspecified atom stereocenters. The number of aromatic nitrogens is 1. The van der Waals surface area contributed by atoms with Crippen LogP contribution >= 0.6 is 0 Å². The van der Waals surface area contributed by atoms with Crippen LogP contribution < -0.4 is 5.32 Å². The van der Waals surface area contributed by atoms with E-state index in [1.807, 2.05) is 18.2 Å². The van der Waals surface area contributed by atoms with Crippen LogP contribution in [0.1, 0.15) is 23.1 Å². The third-order valence-corrected chi connectivity index (χ3v) is 2.61. The van der Waals surface area contributed by atoms with Crippen molar-refractivity contribution in [3.8, 4) is 0 Å². The fourth-order valence-electron chi connectivity index (χ4n) is 1.69. The van der Waals surface area contributed by atoms with Gasteiger partial charge in [-0.3, -0.25) is 4.98 Å². The summed E-state index contributed by atoms with van der Waals surface area (Å²) < 4.78 is 25.0. The maximum absolute atomic E-state index is 12.5. The summed E-state index contributed by atoms with van der Waals surface area (Å²) in [6.07, 6.45) is 1.05. The van der Waals surface area contributed by atoms with Gasteiger partial charge in [-0.2, -0.15) is 0 Å². The van der Waals surface area contributed by atoms with E-state index in [4.69, 9.17) is 0 Å². The van der Waals surface area contributed by atoms with Crippen molar-refractivity contribution in [1.29, 1.82) is 0 Å². The molecular weight excluding hydrogens is 234 g/mol. The molecule has 1 aromatic carbocycles. The lowest BCUT2D eigenvalue weighted by Gasteiger charge is -2.06. The first-order valence-corrected chi connectivity index (χ1v) is 5.72. The number of rotatable bonds is 5. The third-order valence-electron chi connectivity index (χ3n) is 2.61. The van der Waals surface area contributed by atoms with Gasteiger partial charge in [0.2, 0.25) is 0 Å². The molecule has 2 rings (SSSR count). The smallest absolute Gasteiger partial charge is 0.263 e. The number of halogens is 2. The zero-order chi connectivity index (χ0) is 12.8. The summed E-state index contributed by atoms with van der Waals surface area (Å²) >= 11 is 0. The Balaban J connectivity index is 1.89. The molecule has 1 heterocycles. The molecule has 0 aliphatic rings. The number of pyridine rings is 1. The summed E-state index contributed by atoms with van der Waals surface area (Å²) in [7, 11) is 0. The molecule has 0 saturated carbocycles. The van der Waals surface area contributed by atoms with E-state index in [2.05, 4.69) is 10.3 Å². The Labute approximate surface area is 105 Å². The van der Waals surface area contributed by atoms with Gasteiger partial charge in [0.1, 0.15) is 0 Å². The zero-order valence-electron chi connectivity index (χ0n) is 9.81. The number of nitrogens with zero attached hydrogens (tertiary/aromatic N) is 1. The van der Waals surface area contributed by atoms with E-state index in [1.165, 1.54) is 12.1 Å². The number of benzene rings is 1. The van der Waals surface area contributed by atoms with E-state index < -0.39 is 6.43 Å². The van der Waals surface area contributed by atoms with Crippen molar-refractivity contribution >= 4 is 0 Å². The van der Waals surface area contributed by atoms with Crippen LogP contribution in [0.25, 0.3) is 0 Å². The largest absolute Gasteiger partial charge is 0.309 e. The van der Waals surface area contributed by atoms with Crippen LogP contribution in [-0.4, -0.2) is 4.98 Å². The monoisotopic (exact) mass is 248 g/mol. The van der Waals surface area contributed by atoms with Crippen molar-refractivity contribution in [3.63, 3.8) is 0 Å². The van der Waals surface area contributed by atoms with Gasteiger partial charge in [0.25, 0.3) is 6.43 Å². The maximum atomic E-state index is 12.5. The first kappa shape index (κ1) is 12.6. The Bertz CT molecular complexity index is 486. The lowest BCUT2D eigenvalue weighted by Crippen LogP contribution is -2.12. The van der Waals surface area contributed by atoms with E-state index in [-0.39, 0.29) is 5.56 Å². The van der Waals surface area contributed by atoms with Crippen LogP contribution in [0, 0.1) is 0 Å². The Morgan fingerprint density at radius 1 is 1.00 bits per heavy atom. The van der Waals surface area contributed by atoms with Gasteiger partial charge in [0.05, 0.1) is 0 Å². The van der Waals surface area contributed by atoms with Gasteiger partial charge >= 0.3 is 0 Å². The second kappa shape index (κ2) is 6.21. The standard InChI is InChI=1S/C14H14F2N2/c15-14(16)13-3-1-2-12(8-13)10-18-9-11-4-6-17-7-5-11/h1-8,14,18H,9-10H2. The summed E-state index contributed by atoms with van der Waals surface area (Å²) in [6.45, 7) is 1.27. The molecule has 2 nitrogen and oxygen atoms in total. The molecule has 0 atom stereocenters. The predicted molar refractivity (Wildman–Crippen MR) is 66.2 cm³/mol. The van der Waals surface area contributed by atoms with Gasteiger partial charge in [0, 0.05) is 31.0 Å². The van der Waals surface area contributed by atoms with Crippen molar-refractivity contribution in [2.75, 3.05) is 0 Å². The average Bonchev–Trinajstić information content (AvgIpc) is 2.40. The van der Waals surface area contributed by atoms with Crippen LogP contribution in [0.4, 0.5) is 8.78 Å². The van der Waals surface area contributed by atoms with Crippen molar-refractivity contribution in [1.82, 2.24) is 10.3 Å². The first-order chi connectivity index (χ1) is 8.75. The molecule has 0 aliphatic heterocycles. The van der Waals surface area contributed by atoms with Crippen LogP contribution in [0.5, 0.6) is 0 Å². The van der Waals surface area contributed by atoms with E-state index in [0.717, 1.165) is 11.1 Å². The van der Waals surface area contributed by atoms with Gasteiger partial charge in [-0.1, -0.05) is 18.2 Å². The van der Waals surface area contributed by atoms with Crippen LogP contribution in [0.3, 0.4) is 0 Å². The normalized spacial score (nSPS) is 10.8. The van der Waals surface area contributed by atoms with Crippen molar-refractivity contribution in [3.05, 3.63) is 65.5 Å². The van der Waals surface area contributed by atoms with E-state index in [0.29, 0.717) is 13.1 Å². The lowest BCUT2D eigenvalue weighted by atomic mass is 10.1. The molecule has 1 N–H and O–H groups in total. The molecule has 94 valence electrons. The minimum Gasteiger partial charge on any atom is -0.309 e. The second-order valence-electron chi connectivity index (χ2n) is 4.00. The minimum absolute atomic E-state index is 0.0678. The predicted octanol–water partition coefficient (Wildman–Crippen LogP) is 3.31. The molecule has 4 heteroatoms. The maximum Gasteiger partial charge on any atom is 0.263 e. The third kappa shape index (κ3) is 3.60. The van der Waals surface area contributed by atoms with Crippen LogP contribution in [-0.2, 0) is 13.1 Å². The molecule has 1 aromatic heterocycles. The summed E-state index contributed by atoms with van der Waals surface area (Å²) in [5, 5.41) is 3.21. The average molecular weight is 248 g/mol. The topological polar surface area (TPSA) is 24.9 Å². The number of alkyl halides is 2. The van der Waals surface area contributed by atoms with Crippen molar-refractivity contribution in [2.45, 2.75) is 19.5 Å². The van der Waals surface area contributed by atoms with Crippen molar-refractivity contribution in [2.24, 2.45) is 0 Å². The molecule has 0 fully saturated rings. The highest BCUT2D eigenvalue weighted by atomic mass is 19.3. The highest BCUT2D eigenvalue weighted by molar-refractivity contribution is 5.24. The van der Waals surface area contributed by atoms with Gasteiger partial charge in [-0.15, -0.1) is 0 Å². The Hall–Kier alpha value is -1.81. The Morgan fingerprint density at radius 2 is 1.72 bits per heavy atom. The number of nitrogens with one attached hydrogen (secondary N) is 1. The van der Waals surface area contributed by atoms with E-state index in [1.54, 1.807) is 18.5 Å². The molecular formula is C14H14F2N2. The van der Waals surface area contributed by atoms with E-state index in [9.17, 15) is 8.78 Å². The molecule has 2 aromatic rings. The fraction of sp³-hybridized carbons (Fsp3) is 0.214. The molecule has 0 radical (unpaired) electrons. The molecule has 18 heavy (non-hydrogen) atoms. The quantitative estimate of drug-likeness (QED) is 0.878. The second-order valence-corrected chi connectivity index (χ2v) is 4.00. The van der Waals surface area contributed by atoms with Gasteiger partial charge in [-0.25, -0.2) is 8.78 Å². The number of hydrogen-bond donors (Lipinski definition) is 1. The molecule has 0 aliphatic carbocycles. The SMILES string of the molecule is FC(F)c1cccc(CNCc2ccncc2)c1. The molecule has 0 bridgehead atoms. The Morgan fingerprint density at radius 3 is 2.44 bits per heavy atom. The summed E-state index contributed by atoms with van der Waals surface area (Å²) in [5.41, 5.74) is 2.05. The lowest BCUT2D eigenvalue weighted by molar-refractivity contribution is 0.151. The fourth-order valence-corrected chi connectivity index (χ4v) is 1.69. The first-order valence-electron chi connectivity index (χ1n) is 5.72. The van der Waals surface area contributed by atoms with Crippen LogP contribution in [0.2, 0.25) is 0 Å². The molecule has 0 saturated heterocycles. The number of hydrogen-bond acceptors (Lipinski definition) is 2. The van der Waals surface area contributed by atoms with E-state index >= 15 is 0 Å². The highest BCUT2D eigenvalue weighted by Gasteiger charge is 2.06. The Kier molecular flexibility index (Phi) is 4.36. The summed E-state index contributed by atoms with van der Waals surface area (Å²) in [6, 6.07) is 10.3. The minimum atomic E-state index is -2.41. The van der Waals surface area contributed by atoms with Crippen molar-refractivity contribution < 1.29 is 8.78 Å². The van der Waals surface area contributed by atoms with Crippen LogP contribution in [0.15, 0.2) is 48.8 Å².